The molecule has 132 valence electrons. The third kappa shape index (κ3) is 3.95. The molecule has 25 heavy (non-hydrogen) atoms. The number of carbonyl (C=O) groups excluding carboxylic acids is 1. The third-order valence-electron chi connectivity index (χ3n) is 3.80. The smallest absolute Gasteiger partial charge is 0.415 e. The van der Waals surface area contributed by atoms with Gasteiger partial charge in [0.15, 0.2) is 0 Å². The summed E-state index contributed by atoms with van der Waals surface area (Å²) in [6.07, 6.45) is 1.24. The summed E-state index contributed by atoms with van der Waals surface area (Å²) in [5.41, 5.74) is 2.16. The van der Waals surface area contributed by atoms with Gasteiger partial charge in [-0.2, -0.15) is 0 Å². The van der Waals surface area contributed by atoms with Crippen LogP contribution in [0.5, 0.6) is 5.88 Å². The molecule has 1 aromatic heterocycles. The van der Waals surface area contributed by atoms with Crippen LogP contribution in [0.1, 0.15) is 37.9 Å². The topological polar surface area (TPSA) is 51.7 Å². The number of carbonyl (C=O) groups is 1. The molecule has 0 spiro atoms. The molecule has 0 radical (unpaired) electrons. The molecule has 1 amide bonds. The highest BCUT2D eigenvalue weighted by Crippen LogP contribution is 2.40. The average Bonchev–Trinajstić information content (AvgIpc) is 2.52. The molecule has 0 saturated carbocycles. The van der Waals surface area contributed by atoms with Crippen molar-refractivity contribution in [1.82, 2.24) is 4.98 Å². The van der Waals surface area contributed by atoms with Gasteiger partial charge in [0.1, 0.15) is 17.9 Å². The van der Waals surface area contributed by atoms with Crippen LogP contribution in [-0.2, 0) is 4.74 Å². The first-order chi connectivity index (χ1) is 11.7. The van der Waals surface area contributed by atoms with Crippen molar-refractivity contribution in [2.45, 2.75) is 39.3 Å². The van der Waals surface area contributed by atoms with E-state index in [-0.39, 0.29) is 6.04 Å². The molecular formula is C19H21BrN2O3. The number of fused-ring (bicyclic) bond motifs is 1. The molecular weight excluding hydrogens is 384 g/mol. The molecule has 5 nitrogen and oxygen atoms in total. The average molecular weight is 405 g/mol. The highest BCUT2D eigenvalue weighted by Gasteiger charge is 2.37. The van der Waals surface area contributed by atoms with Crippen LogP contribution in [0.2, 0.25) is 0 Å². The van der Waals surface area contributed by atoms with E-state index in [1.54, 1.807) is 11.1 Å². The van der Waals surface area contributed by atoms with Crippen molar-refractivity contribution >= 4 is 27.7 Å². The lowest BCUT2D eigenvalue weighted by atomic mass is 10.0. The van der Waals surface area contributed by atoms with E-state index in [4.69, 9.17) is 9.47 Å². The molecule has 3 rings (SSSR count). The van der Waals surface area contributed by atoms with E-state index >= 15 is 0 Å². The molecule has 0 bridgehead atoms. The van der Waals surface area contributed by atoms with Crippen LogP contribution < -0.4 is 9.64 Å². The van der Waals surface area contributed by atoms with Gasteiger partial charge in [0.05, 0.1) is 6.04 Å². The van der Waals surface area contributed by atoms with Crippen molar-refractivity contribution < 1.29 is 14.3 Å². The van der Waals surface area contributed by atoms with E-state index in [1.165, 1.54) is 0 Å². The number of hydrogen-bond acceptors (Lipinski definition) is 4. The van der Waals surface area contributed by atoms with Gasteiger partial charge in [-0.25, -0.2) is 9.78 Å². The van der Waals surface area contributed by atoms with Gasteiger partial charge in [-0.15, -0.1) is 0 Å². The van der Waals surface area contributed by atoms with Crippen molar-refractivity contribution in [3.05, 3.63) is 52.1 Å². The van der Waals surface area contributed by atoms with E-state index in [9.17, 15) is 4.79 Å². The van der Waals surface area contributed by atoms with Crippen molar-refractivity contribution in [2.75, 3.05) is 11.5 Å². The summed E-state index contributed by atoms with van der Waals surface area (Å²) in [4.78, 5) is 18.8. The molecule has 0 unspecified atom stereocenters. The number of benzene rings is 1. The Labute approximate surface area is 156 Å². The Hall–Kier alpha value is -2.08. The monoisotopic (exact) mass is 404 g/mol. The molecule has 0 fully saturated rings. The summed E-state index contributed by atoms with van der Waals surface area (Å²) in [7, 11) is 0. The van der Waals surface area contributed by atoms with Crippen LogP contribution in [0.4, 0.5) is 10.5 Å². The first kappa shape index (κ1) is 17.7. The molecule has 0 N–H and O–H groups in total. The molecule has 2 heterocycles. The number of aryl methyl sites for hydroxylation is 1. The molecule has 0 saturated heterocycles. The predicted molar refractivity (Wildman–Crippen MR) is 100 cm³/mol. The second-order valence-electron chi connectivity index (χ2n) is 7.07. The van der Waals surface area contributed by atoms with Crippen molar-refractivity contribution in [1.29, 1.82) is 0 Å². The summed E-state index contributed by atoms with van der Waals surface area (Å²) in [5.74, 6) is 0.428. The minimum absolute atomic E-state index is 0.279. The van der Waals surface area contributed by atoms with Crippen LogP contribution in [0.25, 0.3) is 0 Å². The van der Waals surface area contributed by atoms with Gasteiger partial charge in [-0.05, 0) is 55.3 Å². The molecule has 1 atom stereocenters. The van der Waals surface area contributed by atoms with Crippen molar-refractivity contribution in [3.8, 4) is 5.88 Å². The zero-order valence-electron chi connectivity index (χ0n) is 14.7. The van der Waals surface area contributed by atoms with Gasteiger partial charge in [-0.3, -0.25) is 4.90 Å². The Kier molecular flexibility index (Phi) is 4.73. The summed E-state index contributed by atoms with van der Waals surface area (Å²) in [6.45, 7) is 7.91. The summed E-state index contributed by atoms with van der Waals surface area (Å²) < 4.78 is 12.2. The van der Waals surface area contributed by atoms with Crippen LogP contribution in [-0.4, -0.2) is 23.3 Å². The first-order valence-corrected chi connectivity index (χ1v) is 8.91. The normalized spacial score (nSPS) is 16.8. The molecule has 2 aromatic rings. The van der Waals surface area contributed by atoms with Crippen LogP contribution in [0.3, 0.4) is 0 Å². The van der Waals surface area contributed by atoms with Gasteiger partial charge >= 0.3 is 6.09 Å². The van der Waals surface area contributed by atoms with Crippen molar-refractivity contribution in [2.24, 2.45) is 0 Å². The van der Waals surface area contributed by atoms with Gasteiger partial charge in [-0.1, -0.05) is 29.8 Å². The zero-order valence-corrected chi connectivity index (χ0v) is 16.3. The number of amides is 1. The largest absolute Gasteiger partial charge is 0.474 e. The number of aromatic nitrogens is 1. The number of halogens is 1. The fourth-order valence-corrected chi connectivity index (χ4v) is 2.99. The fraction of sp³-hybridized carbons (Fsp3) is 0.368. The minimum Gasteiger partial charge on any atom is -0.474 e. The van der Waals surface area contributed by atoms with E-state index in [1.807, 2.05) is 58.0 Å². The summed E-state index contributed by atoms with van der Waals surface area (Å²) >= 11 is 3.42. The van der Waals surface area contributed by atoms with E-state index in [0.29, 0.717) is 18.2 Å². The number of rotatable bonds is 1. The van der Waals surface area contributed by atoms with Crippen LogP contribution >= 0.6 is 15.9 Å². The van der Waals surface area contributed by atoms with Crippen molar-refractivity contribution in [3.63, 3.8) is 0 Å². The first-order valence-electron chi connectivity index (χ1n) is 8.12. The standard InChI is InChI=1S/C19H21BrN2O3/c1-12-5-7-13(8-6-12)16-11-24-17-15(9-14(20)10-21-17)22(16)18(23)25-19(2,3)4/h5-10,16H,11H2,1-4H3/t16-/m1/s1. The lowest BCUT2D eigenvalue weighted by molar-refractivity contribution is 0.0540. The number of anilines is 1. The summed E-state index contributed by atoms with van der Waals surface area (Å²) in [5, 5.41) is 0. The quantitative estimate of drug-likeness (QED) is 0.668. The molecule has 6 heteroatoms. The Morgan fingerprint density at radius 1 is 1.32 bits per heavy atom. The Morgan fingerprint density at radius 2 is 2.00 bits per heavy atom. The SMILES string of the molecule is Cc1ccc([C@H]2COc3ncc(Br)cc3N2C(=O)OC(C)(C)C)cc1. The van der Waals surface area contributed by atoms with Gasteiger partial charge in [0.25, 0.3) is 0 Å². The van der Waals surface area contributed by atoms with Crippen LogP contribution in [0, 0.1) is 6.92 Å². The number of ether oxygens (including phenoxy) is 2. The number of hydrogen-bond donors (Lipinski definition) is 0. The van der Waals surface area contributed by atoms with E-state index in [0.717, 1.165) is 15.6 Å². The van der Waals surface area contributed by atoms with Gasteiger partial charge in [0, 0.05) is 10.7 Å². The number of pyridine rings is 1. The summed E-state index contributed by atoms with van der Waals surface area (Å²) in [6, 6.07) is 9.62. The second-order valence-corrected chi connectivity index (χ2v) is 7.98. The Bertz CT molecular complexity index is 784. The third-order valence-corrected chi connectivity index (χ3v) is 4.23. The highest BCUT2D eigenvalue weighted by molar-refractivity contribution is 9.10. The highest BCUT2D eigenvalue weighted by atomic mass is 79.9. The maximum atomic E-state index is 12.9. The van der Waals surface area contributed by atoms with Gasteiger partial charge in [0.2, 0.25) is 5.88 Å². The Morgan fingerprint density at radius 3 is 2.64 bits per heavy atom. The fourth-order valence-electron chi connectivity index (χ4n) is 2.67. The van der Waals surface area contributed by atoms with E-state index < -0.39 is 11.7 Å². The van der Waals surface area contributed by atoms with Crippen LogP contribution in [0.15, 0.2) is 41.0 Å². The zero-order chi connectivity index (χ0) is 18.2. The molecule has 1 aliphatic heterocycles. The van der Waals surface area contributed by atoms with E-state index in [2.05, 4.69) is 20.9 Å². The maximum Gasteiger partial charge on any atom is 0.415 e. The van der Waals surface area contributed by atoms with Gasteiger partial charge < -0.3 is 9.47 Å². The predicted octanol–water partition coefficient (Wildman–Crippen LogP) is 5.03. The molecule has 1 aromatic carbocycles. The number of nitrogens with zero attached hydrogens (tertiary/aromatic N) is 2. The lowest BCUT2D eigenvalue weighted by Gasteiger charge is -2.37. The maximum absolute atomic E-state index is 12.9. The lowest BCUT2D eigenvalue weighted by Crippen LogP contribution is -2.44. The molecule has 0 aliphatic carbocycles. The Balaban J connectivity index is 2.05. The molecule has 1 aliphatic rings. The second kappa shape index (κ2) is 6.67. The minimum atomic E-state index is -0.590.